The van der Waals surface area contributed by atoms with Crippen LogP contribution in [0.15, 0.2) is 30.3 Å². The molecule has 0 unspecified atom stereocenters. The van der Waals surface area contributed by atoms with Gasteiger partial charge in [-0.1, -0.05) is 49.6 Å². The summed E-state index contributed by atoms with van der Waals surface area (Å²) in [4.78, 5) is 24.8. The second-order valence-electron chi connectivity index (χ2n) is 8.38. The Bertz CT molecular complexity index is 628. The van der Waals surface area contributed by atoms with Gasteiger partial charge in [-0.2, -0.15) is 0 Å². The van der Waals surface area contributed by atoms with Crippen molar-refractivity contribution in [3.05, 3.63) is 35.9 Å². The van der Waals surface area contributed by atoms with Gasteiger partial charge in [-0.25, -0.2) is 0 Å². The molecule has 2 aliphatic carbocycles. The lowest BCUT2D eigenvalue weighted by Gasteiger charge is -2.25. The first-order valence-electron chi connectivity index (χ1n) is 10.9. The Kier molecular flexibility index (Phi) is 7.90. The van der Waals surface area contributed by atoms with Crippen molar-refractivity contribution in [1.29, 1.82) is 0 Å². The molecule has 0 spiro atoms. The van der Waals surface area contributed by atoms with E-state index in [1.807, 2.05) is 30.3 Å². The number of carbonyl (C=O) groups excluding carboxylic acids is 2. The van der Waals surface area contributed by atoms with Crippen molar-refractivity contribution in [1.82, 2.24) is 10.6 Å². The van der Waals surface area contributed by atoms with Crippen LogP contribution in [0.4, 0.5) is 0 Å². The number of amides is 2. The molecule has 0 aromatic heterocycles. The highest BCUT2D eigenvalue weighted by Gasteiger charge is 2.31. The Labute approximate surface area is 168 Å². The fourth-order valence-corrected chi connectivity index (χ4v) is 4.40. The molecule has 5 nitrogen and oxygen atoms in total. The zero-order valence-electron chi connectivity index (χ0n) is 17.0. The molecule has 5 heteroatoms. The summed E-state index contributed by atoms with van der Waals surface area (Å²) in [7, 11) is 0. The Morgan fingerprint density at radius 2 is 1.79 bits per heavy atom. The van der Waals surface area contributed by atoms with Crippen LogP contribution in [0.5, 0.6) is 0 Å². The van der Waals surface area contributed by atoms with Crippen LogP contribution < -0.4 is 10.6 Å². The SMILES string of the molecule is C[C@H](NC(=O)CC1CCCCC1)C(=O)N[C@@H]1CCC[C@H]1OCc1ccccc1. The van der Waals surface area contributed by atoms with Gasteiger partial charge in [0.15, 0.2) is 0 Å². The molecule has 1 aromatic carbocycles. The highest BCUT2D eigenvalue weighted by Crippen LogP contribution is 2.26. The largest absolute Gasteiger partial charge is 0.371 e. The maximum absolute atomic E-state index is 12.6. The molecule has 2 fully saturated rings. The molecule has 2 N–H and O–H groups in total. The topological polar surface area (TPSA) is 67.4 Å². The second-order valence-corrected chi connectivity index (χ2v) is 8.38. The first kappa shape index (κ1) is 20.8. The van der Waals surface area contributed by atoms with Crippen molar-refractivity contribution in [2.75, 3.05) is 0 Å². The van der Waals surface area contributed by atoms with Crippen LogP contribution >= 0.6 is 0 Å². The van der Waals surface area contributed by atoms with Crippen molar-refractivity contribution in [3.8, 4) is 0 Å². The Morgan fingerprint density at radius 3 is 2.54 bits per heavy atom. The quantitative estimate of drug-likeness (QED) is 0.716. The number of rotatable bonds is 8. The standard InChI is InChI=1S/C23H34N2O3/c1-17(24-22(26)15-18-9-4-2-5-10-18)23(27)25-20-13-8-14-21(20)28-16-19-11-6-3-7-12-19/h3,6-7,11-12,17-18,20-21H,2,4-5,8-10,13-16H2,1H3,(H,24,26)(H,25,27)/t17-,20+,21+/m0/s1. The first-order chi connectivity index (χ1) is 13.6. The van der Waals surface area contributed by atoms with Gasteiger partial charge in [0.05, 0.1) is 18.8 Å². The van der Waals surface area contributed by atoms with Crippen LogP contribution in [0.1, 0.15) is 70.3 Å². The zero-order valence-corrected chi connectivity index (χ0v) is 17.0. The van der Waals surface area contributed by atoms with E-state index in [-0.39, 0.29) is 24.0 Å². The molecule has 154 valence electrons. The van der Waals surface area contributed by atoms with Crippen molar-refractivity contribution >= 4 is 11.8 Å². The predicted molar refractivity (Wildman–Crippen MR) is 110 cm³/mol. The molecule has 0 saturated heterocycles. The van der Waals surface area contributed by atoms with Gasteiger partial charge in [0, 0.05) is 6.42 Å². The maximum Gasteiger partial charge on any atom is 0.242 e. The van der Waals surface area contributed by atoms with Gasteiger partial charge in [-0.05, 0) is 50.5 Å². The zero-order chi connectivity index (χ0) is 19.8. The molecule has 0 heterocycles. The van der Waals surface area contributed by atoms with Crippen molar-refractivity contribution in [2.45, 2.75) is 89.5 Å². The van der Waals surface area contributed by atoms with Crippen molar-refractivity contribution in [2.24, 2.45) is 5.92 Å². The second kappa shape index (κ2) is 10.6. The minimum absolute atomic E-state index is 0.00199. The summed E-state index contributed by atoms with van der Waals surface area (Å²) in [6.45, 7) is 2.33. The molecular weight excluding hydrogens is 352 g/mol. The minimum atomic E-state index is -0.508. The highest BCUT2D eigenvalue weighted by atomic mass is 16.5. The predicted octanol–water partition coefficient (Wildman–Crippen LogP) is 3.72. The van der Waals surface area contributed by atoms with Gasteiger partial charge in [-0.15, -0.1) is 0 Å². The van der Waals surface area contributed by atoms with E-state index in [2.05, 4.69) is 10.6 Å². The van der Waals surface area contributed by atoms with Crippen molar-refractivity contribution in [3.63, 3.8) is 0 Å². The van der Waals surface area contributed by atoms with Crippen LogP contribution in [0, 0.1) is 5.92 Å². The third-order valence-electron chi connectivity index (χ3n) is 6.06. The van der Waals surface area contributed by atoms with Gasteiger partial charge in [-0.3, -0.25) is 9.59 Å². The molecule has 0 radical (unpaired) electrons. The Balaban J connectivity index is 1.41. The average molecular weight is 387 g/mol. The Hall–Kier alpha value is -1.88. The smallest absolute Gasteiger partial charge is 0.242 e. The van der Waals surface area contributed by atoms with E-state index in [0.717, 1.165) is 37.7 Å². The molecule has 2 aliphatic rings. The maximum atomic E-state index is 12.6. The number of hydrogen-bond acceptors (Lipinski definition) is 3. The lowest BCUT2D eigenvalue weighted by atomic mass is 9.87. The van der Waals surface area contributed by atoms with Gasteiger partial charge >= 0.3 is 0 Å². The number of nitrogens with one attached hydrogen (secondary N) is 2. The number of ether oxygens (including phenoxy) is 1. The van der Waals surface area contributed by atoms with E-state index in [0.29, 0.717) is 18.9 Å². The summed E-state index contributed by atoms with van der Waals surface area (Å²) >= 11 is 0. The number of benzene rings is 1. The van der Waals surface area contributed by atoms with Crippen LogP contribution in [-0.4, -0.2) is 30.0 Å². The van der Waals surface area contributed by atoms with E-state index in [1.165, 1.54) is 19.3 Å². The van der Waals surface area contributed by atoms with Crippen LogP contribution in [0.25, 0.3) is 0 Å². The fourth-order valence-electron chi connectivity index (χ4n) is 4.40. The minimum Gasteiger partial charge on any atom is -0.371 e. The summed E-state index contributed by atoms with van der Waals surface area (Å²) in [5.41, 5.74) is 1.14. The summed E-state index contributed by atoms with van der Waals surface area (Å²) in [5.74, 6) is 0.365. The fraction of sp³-hybridized carbons (Fsp3) is 0.652. The van der Waals surface area contributed by atoms with Gasteiger partial charge in [0.2, 0.25) is 11.8 Å². The molecule has 0 bridgehead atoms. The molecule has 3 atom stereocenters. The molecular formula is C23H34N2O3. The van der Waals surface area contributed by atoms with E-state index in [4.69, 9.17) is 4.74 Å². The highest BCUT2D eigenvalue weighted by molar-refractivity contribution is 5.87. The molecule has 2 amide bonds. The lowest BCUT2D eigenvalue weighted by molar-refractivity contribution is -0.130. The molecule has 3 rings (SSSR count). The van der Waals surface area contributed by atoms with Crippen LogP contribution in [0.3, 0.4) is 0 Å². The molecule has 28 heavy (non-hydrogen) atoms. The van der Waals surface area contributed by atoms with E-state index in [9.17, 15) is 9.59 Å². The normalized spacial score (nSPS) is 23.9. The van der Waals surface area contributed by atoms with Gasteiger partial charge in [0.25, 0.3) is 0 Å². The van der Waals surface area contributed by atoms with Crippen LogP contribution in [0.2, 0.25) is 0 Å². The van der Waals surface area contributed by atoms with E-state index < -0.39 is 6.04 Å². The summed E-state index contributed by atoms with van der Waals surface area (Å²) < 4.78 is 6.06. The van der Waals surface area contributed by atoms with E-state index >= 15 is 0 Å². The van der Waals surface area contributed by atoms with Gasteiger partial charge < -0.3 is 15.4 Å². The molecule has 1 aromatic rings. The third kappa shape index (κ3) is 6.33. The summed E-state index contributed by atoms with van der Waals surface area (Å²) in [6.07, 6.45) is 9.51. The van der Waals surface area contributed by atoms with Crippen LogP contribution in [-0.2, 0) is 20.9 Å². The Morgan fingerprint density at radius 1 is 1.04 bits per heavy atom. The van der Waals surface area contributed by atoms with Crippen molar-refractivity contribution < 1.29 is 14.3 Å². The molecule has 0 aliphatic heterocycles. The number of carbonyl (C=O) groups is 2. The lowest BCUT2D eigenvalue weighted by Crippen LogP contribution is -2.50. The average Bonchev–Trinajstić information content (AvgIpc) is 3.14. The first-order valence-corrected chi connectivity index (χ1v) is 10.9. The monoisotopic (exact) mass is 386 g/mol. The molecule has 2 saturated carbocycles. The summed E-state index contributed by atoms with van der Waals surface area (Å²) in [5, 5.41) is 5.98. The third-order valence-corrected chi connectivity index (χ3v) is 6.06. The number of hydrogen-bond donors (Lipinski definition) is 2. The van der Waals surface area contributed by atoms with Gasteiger partial charge in [0.1, 0.15) is 6.04 Å². The summed E-state index contributed by atoms with van der Waals surface area (Å²) in [6, 6.07) is 9.61. The van der Waals surface area contributed by atoms with E-state index in [1.54, 1.807) is 6.92 Å².